The van der Waals surface area contributed by atoms with Gasteiger partial charge in [-0.1, -0.05) is 13.3 Å². The van der Waals surface area contributed by atoms with Crippen LogP contribution in [0.5, 0.6) is 0 Å². The van der Waals surface area contributed by atoms with Gasteiger partial charge in [-0.2, -0.15) is 0 Å². The van der Waals surface area contributed by atoms with E-state index in [2.05, 4.69) is 6.92 Å². The van der Waals surface area contributed by atoms with E-state index >= 15 is 0 Å². The zero-order chi connectivity index (χ0) is 4.83. The molecule has 0 unspecified atom stereocenters. The van der Waals surface area contributed by atoms with Gasteiger partial charge in [-0.25, -0.2) is 0 Å². The van der Waals surface area contributed by atoms with Crippen LogP contribution >= 0.6 is 0 Å². The Morgan fingerprint density at radius 1 is 1.57 bits per heavy atom. The fourth-order valence-corrected chi connectivity index (χ4v) is 0.287. The standard InChI is InChI=1S/C5H10O.Li.H/c1-2-3-4-5-6;;/h5H,2-4H2,1H3;;. The van der Waals surface area contributed by atoms with E-state index in [4.69, 9.17) is 0 Å². The van der Waals surface area contributed by atoms with Gasteiger partial charge in [0.05, 0.1) is 0 Å². The van der Waals surface area contributed by atoms with Crippen LogP contribution in [-0.4, -0.2) is 25.1 Å². The topological polar surface area (TPSA) is 17.1 Å². The molecule has 0 aromatic heterocycles. The molecule has 0 aromatic rings. The second-order valence-electron chi connectivity index (χ2n) is 1.31. The van der Waals surface area contributed by atoms with Crippen molar-refractivity contribution in [3.8, 4) is 0 Å². The van der Waals surface area contributed by atoms with Gasteiger partial charge in [0.25, 0.3) is 0 Å². The zero-order valence-electron chi connectivity index (χ0n) is 4.11. The average Bonchev–Trinajstić information content (AvgIpc) is 1.61. The molecule has 0 saturated heterocycles. The van der Waals surface area contributed by atoms with Crippen molar-refractivity contribution < 1.29 is 4.79 Å². The van der Waals surface area contributed by atoms with Gasteiger partial charge in [-0.3, -0.25) is 0 Å². The second-order valence-corrected chi connectivity index (χ2v) is 1.31. The maximum atomic E-state index is 9.56. The summed E-state index contributed by atoms with van der Waals surface area (Å²) in [5.74, 6) is 0. The van der Waals surface area contributed by atoms with Crippen molar-refractivity contribution in [3.63, 3.8) is 0 Å². The predicted octanol–water partition coefficient (Wildman–Crippen LogP) is 0.727. The fourth-order valence-electron chi connectivity index (χ4n) is 0.287. The summed E-state index contributed by atoms with van der Waals surface area (Å²) in [6.45, 7) is 2.07. The van der Waals surface area contributed by atoms with Crippen molar-refractivity contribution >= 4 is 25.1 Å². The SMILES string of the molecule is CCCCC=O.[LiH]. The number of rotatable bonds is 3. The third-order valence-corrected chi connectivity index (χ3v) is 0.676. The Balaban J connectivity index is 0. The van der Waals surface area contributed by atoms with Crippen LogP contribution in [0.3, 0.4) is 0 Å². The average molecular weight is 94.1 g/mol. The molecule has 0 bridgehead atoms. The number of carbonyl (C=O) groups excluding carboxylic acids is 1. The van der Waals surface area contributed by atoms with E-state index in [-0.39, 0.29) is 18.9 Å². The quantitative estimate of drug-likeness (QED) is 0.286. The fraction of sp³-hybridized carbons (Fsp3) is 0.800. The third-order valence-electron chi connectivity index (χ3n) is 0.676. The Hall–Kier alpha value is 0.267. The van der Waals surface area contributed by atoms with E-state index in [1.807, 2.05) is 0 Å². The Labute approximate surface area is 56.7 Å². The van der Waals surface area contributed by atoms with Crippen molar-refractivity contribution in [1.29, 1.82) is 0 Å². The second kappa shape index (κ2) is 9.55. The number of unbranched alkanes of at least 4 members (excludes halogenated alkanes) is 2. The number of hydrogen-bond donors (Lipinski definition) is 0. The first-order valence-electron chi connectivity index (χ1n) is 2.35. The molecule has 7 heavy (non-hydrogen) atoms. The van der Waals surface area contributed by atoms with E-state index in [0.717, 1.165) is 25.5 Å². The van der Waals surface area contributed by atoms with Crippen molar-refractivity contribution in [2.24, 2.45) is 0 Å². The first-order chi connectivity index (χ1) is 2.91. The summed E-state index contributed by atoms with van der Waals surface area (Å²) in [6.07, 6.45) is 3.86. The normalized spacial score (nSPS) is 7.00. The van der Waals surface area contributed by atoms with Crippen molar-refractivity contribution in [2.75, 3.05) is 0 Å². The first kappa shape index (κ1) is 10.3. The minimum absolute atomic E-state index is 0. The zero-order valence-corrected chi connectivity index (χ0v) is 4.11. The molecule has 0 fully saturated rings. The first-order valence-corrected chi connectivity index (χ1v) is 2.35. The molecular weight excluding hydrogens is 83.0 g/mol. The summed E-state index contributed by atoms with van der Waals surface area (Å²) in [4.78, 5) is 9.56. The molecule has 0 aliphatic rings. The van der Waals surface area contributed by atoms with Gasteiger partial charge in [-0.15, -0.1) is 0 Å². The summed E-state index contributed by atoms with van der Waals surface area (Å²) in [7, 11) is 0. The number of aldehydes is 1. The molecule has 1 nitrogen and oxygen atoms in total. The molecule has 0 rings (SSSR count). The van der Waals surface area contributed by atoms with Crippen LogP contribution in [0.1, 0.15) is 26.2 Å². The van der Waals surface area contributed by atoms with Gasteiger partial charge in [0, 0.05) is 6.42 Å². The summed E-state index contributed by atoms with van der Waals surface area (Å²) >= 11 is 0. The van der Waals surface area contributed by atoms with Crippen LogP contribution in [0, 0.1) is 0 Å². The monoisotopic (exact) mass is 94.1 g/mol. The molecule has 0 heterocycles. The molecule has 0 saturated carbocycles. The molecule has 38 valence electrons. The van der Waals surface area contributed by atoms with Gasteiger partial charge < -0.3 is 4.79 Å². The van der Waals surface area contributed by atoms with E-state index in [1.54, 1.807) is 0 Å². The van der Waals surface area contributed by atoms with Gasteiger partial charge in [0.2, 0.25) is 0 Å². The summed E-state index contributed by atoms with van der Waals surface area (Å²) in [5.41, 5.74) is 0. The van der Waals surface area contributed by atoms with Crippen LogP contribution in [0.25, 0.3) is 0 Å². The van der Waals surface area contributed by atoms with Crippen LogP contribution < -0.4 is 0 Å². The predicted molar refractivity (Wildman–Crippen MR) is 32.7 cm³/mol. The molecule has 0 N–H and O–H groups in total. The van der Waals surface area contributed by atoms with Gasteiger partial charge in [-0.05, 0) is 6.42 Å². The van der Waals surface area contributed by atoms with Gasteiger partial charge >= 0.3 is 18.9 Å². The van der Waals surface area contributed by atoms with Crippen LogP contribution in [-0.2, 0) is 4.79 Å². The van der Waals surface area contributed by atoms with E-state index in [0.29, 0.717) is 0 Å². The molecule has 0 spiro atoms. The van der Waals surface area contributed by atoms with Crippen LogP contribution in [0.4, 0.5) is 0 Å². The molecule has 0 atom stereocenters. The third kappa shape index (κ3) is 10.7. The maximum absolute atomic E-state index is 9.56. The van der Waals surface area contributed by atoms with E-state index in [9.17, 15) is 4.79 Å². The molecule has 0 aliphatic carbocycles. The van der Waals surface area contributed by atoms with Crippen molar-refractivity contribution in [1.82, 2.24) is 0 Å². The summed E-state index contributed by atoms with van der Waals surface area (Å²) in [6, 6.07) is 0. The van der Waals surface area contributed by atoms with Crippen LogP contribution in [0.2, 0.25) is 0 Å². The number of hydrogen-bond acceptors (Lipinski definition) is 1. The Bertz CT molecular complexity index is 37.1. The molecule has 0 aliphatic heterocycles. The molecule has 2 heteroatoms. The summed E-state index contributed by atoms with van der Waals surface area (Å²) in [5, 5.41) is 0. The molecule has 0 radical (unpaired) electrons. The van der Waals surface area contributed by atoms with Crippen molar-refractivity contribution in [2.45, 2.75) is 26.2 Å². The molecule has 0 aromatic carbocycles. The van der Waals surface area contributed by atoms with E-state index < -0.39 is 0 Å². The molecular formula is C5H11LiO. The molecule has 0 amide bonds. The van der Waals surface area contributed by atoms with Crippen molar-refractivity contribution in [3.05, 3.63) is 0 Å². The van der Waals surface area contributed by atoms with Gasteiger partial charge in [0.1, 0.15) is 6.29 Å². The minimum atomic E-state index is 0. The van der Waals surface area contributed by atoms with E-state index in [1.165, 1.54) is 0 Å². The van der Waals surface area contributed by atoms with Gasteiger partial charge in [0.15, 0.2) is 0 Å². The Morgan fingerprint density at radius 2 is 2.14 bits per heavy atom. The van der Waals surface area contributed by atoms with Crippen LogP contribution in [0.15, 0.2) is 0 Å². The number of carbonyl (C=O) groups is 1. The summed E-state index contributed by atoms with van der Waals surface area (Å²) < 4.78 is 0. The Morgan fingerprint density at radius 3 is 2.29 bits per heavy atom. The Kier molecular flexibility index (Phi) is 14.0.